The van der Waals surface area contributed by atoms with Crippen LogP contribution < -0.4 is 10.1 Å². The number of ether oxygens (including phenoxy) is 1. The van der Waals surface area contributed by atoms with Gasteiger partial charge in [-0.25, -0.2) is 13.4 Å². The van der Waals surface area contributed by atoms with Crippen LogP contribution in [0.25, 0.3) is 0 Å². The van der Waals surface area contributed by atoms with E-state index < -0.39 is 15.9 Å². The van der Waals surface area contributed by atoms with Crippen LogP contribution in [0.3, 0.4) is 0 Å². The molecule has 174 valence electrons. The Balaban J connectivity index is 1.68. The first kappa shape index (κ1) is 24.7. The van der Waals surface area contributed by atoms with E-state index in [-0.39, 0.29) is 22.0 Å². The Morgan fingerprint density at radius 3 is 2.45 bits per heavy atom. The number of amides is 1. The van der Waals surface area contributed by atoms with Crippen molar-refractivity contribution in [3.8, 4) is 5.88 Å². The summed E-state index contributed by atoms with van der Waals surface area (Å²) in [5.74, 6) is -0.0314. The Bertz CT molecular complexity index is 1200. The summed E-state index contributed by atoms with van der Waals surface area (Å²) in [5.41, 5.74) is 1.90. The number of benzene rings is 2. The van der Waals surface area contributed by atoms with Gasteiger partial charge in [0.05, 0.1) is 15.5 Å². The maximum Gasteiger partial charge on any atom is 0.253 e. The first-order valence-electron chi connectivity index (χ1n) is 10.5. The van der Waals surface area contributed by atoms with Gasteiger partial charge in [-0.1, -0.05) is 55.8 Å². The number of nitrogens with one attached hydrogen (secondary N) is 1. The summed E-state index contributed by atoms with van der Waals surface area (Å²) in [5, 5.41) is 2.95. The van der Waals surface area contributed by atoms with Crippen molar-refractivity contribution >= 4 is 27.5 Å². The Hall–Kier alpha value is -2.94. The third kappa shape index (κ3) is 6.31. The van der Waals surface area contributed by atoms with Gasteiger partial charge in [0.15, 0.2) is 0 Å². The van der Waals surface area contributed by atoms with E-state index in [4.69, 9.17) is 16.3 Å². The molecule has 1 N–H and O–H groups in total. The van der Waals surface area contributed by atoms with Gasteiger partial charge in [0.2, 0.25) is 15.9 Å². The maximum absolute atomic E-state index is 12.8. The molecule has 0 aliphatic heterocycles. The topological polar surface area (TPSA) is 88.6 Å². The van der Waals surface area contributed by atoms with Gasteiger partial charge >= 0.3 is 0 Å². The molecule has 0 saturated heterocycles. The third-order valence-electron chi connectivity index (χ3n) is 5.01. The highest BCUT2D eigenvalue weighted by Crippen LogP contribution is 2.23. The van der Waals surface area contributed by atoms with E-state index in [1.54, 1.807) is 32.2 Å². The number of carbonyl (C=O) groups excluding carboxylic acids is 1. The van der Waals surface area contributed by atoms with Gasteiger partial charge in [0.1, 0.15) is 6.61 Å². The lowest BCUT2D eigenvalue weighted by molar-refractivity contribution is 0.0950. The molecular formula is C24H26ClN3O4S. The number of pyridine rings is 1. The van der Waals surface area contributed by atoms with Crippen molar-refractivity contribution in [2.75, 3.05) is 13.1 Å². The lowest BCUT2D eigenvalue weighted by Crippen LogP contribution is -2.31. The van der Waals surface area contributed by atoms with Crippen molar-refractivity contribution in [1.29, 1.82) is 0 Å². The highest BCUT2D eigenvalue weighted by atomic mass is 35.5. The molecule has 0 spiro atoms. The molecule has 0 fully saturated rings. The van der Waals surface area contributed by atoms with Crippen LogP contribution in [0.2, 0.25) is 5.02 Å². The van der Waals surface area contributed by atoms with Crippen molar-refractivity contribution in [1.82, 2.24) is 14.6 Å². The predicted molar refractivity (Wildman–Crippen MR) is 128 cm³/mol. The molecule has 0 aliphatic carbocycles. The van der Waals surface area contributed by atoms with E-state index >= 15 is 0 Å². The number of nitrogens with zero attached hydrogens (tertiary/aromatic N) is 2. The number of rotatable bonds is 10. The Morgan fingerprint density at radius 2 is 1.76 bits per heavy atom. The molecule has 0 saturated carbocycles. The van der Waals surface area contributed by atoms with E-state index in [0.29, 0.717) is 25.6 Å². The zero-order valence-corrected chi connectivity index (χ0v) is 20.1. The number of hydrogen-bond donors (Lipinski definition) is 1. The second-order valence-corrected chi connectivity index (χ2v) is 9.54. The Kier molecular flexibility index (Phi) is 8.43. The van der Waals surface area contributed by atoms with E-state index in [1.807, 2.05) is 30.3 Å². The molecule has 0 atom stereocenters. The molecule has 0 unspecified atom stereocenters. The largest absolute Gasteiger partial charge is 0.473 e. The quantitative estimate of drug-likeness (QED) is 0.461. The smallest absolute Gasteiger partial charge is 0.253 e. The van der Waals surface area contributed by atoms with E-state index in [1.165, 1.54) is 22.5 Å². The number of sulfonamides is 1. The highest BCUT2D eigenvalue weighted by Gasteiger charge is 2.23. The number of aromatic nitrogens is 1. The molecule has 0 aliphatic rings. The van der Waals surface area contributed by atoms with Gasteiger partial charge in [0, 0.05) is 31.9 Å². The summed E-state index contributed by atoms with van der Waals surface area (Å²) < 4.78 is 32.6. The maximum atomic E-state index is 12.8. The average molecular weight is 488 g/mol. The van der Waals surface area contributed by atoms with Crippen LogP contribution in [0, 0.1) is 0 Å². The summed E-state index contributed by atoms with van der Waals surface area (Å²) >= 11 is 6.20. The molecule has 7 nitrogen and oxygen atoms in total. The number of hydrogen-bond acceptors (Lipinski definition) is 5. The van der Waals surface area contributed by atoms with E-state index in [0.717, 1.165) is 11.1 Å². The first-order chi connectivity index (χ1) is 15.8. The van der Waals surface area contributed by atoms with Crippen LogP contribution in [0.1, 0.15) is 35.3 Å². The highest BCUT2D eigenvalue weighted by molar-refractivity contribution is 7.89. The van der Waals surface area contributed by atoms with Crippen molar-refractivity contribution in [3.63, 3.8) is 0 Å². The molecule has 0 radical (unpaired) electrons. The zero-order chi connectivity index (χ0) is 23.8. The molecule has 1 aromatic heterocycles. The van der Waals surface area contributed by atoms with Gasteiger partial charge in [-0.2, -0.15) is 4.31 Å². The molecular weight excluding hydrogens is 462 g/mol. The van der Waals surface area contributed by atoms with E-state index in [2.05, 4.69) is 10.3 Å². The normalized spacial score (nSPS) is 11.4. The van der Waals surface area contributed by atoms with Crippen LogP contribution in [0.4, 0.5) is 0 Å². The van der Waals surface area contributed by atoms with Crippen LogP contribution >= 0.6 is 11.6 Å². The van der Waals surface area contributed by atoms with Crippen LogP contribution in [-0.4, -0.2) is 36.7 Å². The second-order valence-electron chi connectivity index (χ2n) is 7.19. The third-order valence-corrected chi connectivity index (χ3v) is 7.38. The summed E-state index contributed by atoms with van der Waals surface area (Å²) in [6.45, 7) is 4.77. The fraction of sp³-hybridized carbons (Fsp3) is 0.250. The van der Waals surface area contributed by atoms with Gasteiger partial charge in [-0.15, -0.1) is 0 Å². The lowest BCUT2D eigenvalue weighted by Gasteiger charge is -2.19. The van der Waals surface area contributed by atoms with Crippen molar-refractivity contribution in [3.05, 3.63) is 88.6 Å². The van der Waals surface area contributed by atoms with E-state index in [9.17, 15) is 13.2 Å². The monoisotopic (exact) mass is 487 g/mol. The van der Waals surface area contributed by atoms with Crippen molar-refractivity contribution in [2.45, 2.75) is 31.9 Å². The molecule has 1 heterocycles. The molecule has 9 heteroatoms. The second kappa shape index (κ2) is 11.3. The van der Waals surface area contributed by atoms with Crippen molar-refractivity contribution in [2.24, 2.45) is 0 Å². The number of carbonyl (C=O) groups is 1. The fourth-order valence-electron chi connectivity index (χ4n) is 3.20. The molecule has 1 amide bonds. The molecule has 3 aromatic rings. The first-order valence-corrected chi connectivity index (χ1v) is 12.4. The Labute approximate surface area is 199 Å². The molecule has 0 bridgehead atoms. The van der Waals surface area contributed by atoms with Crippen LogP contribution in [-0.2, 0) is 23.2 Å². The zero-order valence-electron chi connectivity index (χ0n) is 18.5. The Morgan fingerprint density at radius 1 is 1.03 bits per heavy atom. The minimum atomic E-state index is -3.71. The van der Waals surface area contributed by atoms with Crippen LogP contribution in [0.5, 0.6) is 5.88 Å². The minimum absolute atomic E-state index is 0.0289. The van der Waals surface area contributed by atoms with Gasteiger partial charge in [0.25, 0.3) is 5.91 Å². The summed E-state index contributed by atoms with van der Waals surface area (Å²) in [4.78, 5) is 17.0. The van der Waals surface area contributed by atoms with Crippen LogP contribution in [0.15, 0.2) is 71.8 Å². The molecule has 2 aromatic carbocycles. The molecule has 33 heavy (non-hydrogen) atoms. The van der Waals surface area contributed by atoms with Gasteiger partial charge in [-0.3, -0.25) is 4.79 Å². The van der Waals surface area contributed by atoms with Crippen molar-refractivity contribution < 1.29 is 17.9 Å². The minimum Gasteiger partial charge on any atom is -0.473 e. The summed E-state index contributed by atoms with van der Waals surface area (Å²) in [7, 11) is -3.71. The predicted octanol–water partition coefficient (Wildman–Crippen LogP) is 4.27. The SMILES string of the molecule is CCN(CC)S(=O)(=O)c1ccc(Cl)c(C(=O)NCc2ccnc(OCc3ccccc3)c2)c1. The summed E-state index contributed by atoms with van der Waals surface area (Å²) in [6, 6.07) is 17.4. The summed E-state index contributed by atoms with van der Waals surface area (Å²) in [6.07, 6.45) is 1.60. The standard InChI is InChI=1S/C24H26ClN3O4S/c1-3-28(4-2)33(30,31)20-10-11-22(25)21(15-20)24(29)27-16-19-12-13-26-23(14-19)32-17-18-8-6-5-7-9-18/h5-15H,3-4,16-17H2,1-2H3,(H,27,29). The fourth-order valence-corrected chi connectivity index (χ4v) is 4.89. The number of halogens is 1. The van der Waals surface area contributed by atoms with Gasteiger partial charge in [-0.05, 0) is 35.4 Å². The average Bonchev–Trinajstić information content (AvgIpc) is 2.83. The lowest BCUT2D eigenvalue weighted by atomic mass is 10.2. The van der Waals surface area contributed by atoms with Gasteiger partial charge < -0.3 is 10.1 Å². The molecule has 3 rings (SSSR count).